The van der Waals surface area contributed by atoms with E-state index in [1.165, 1.54) is 19.2 Å². The first kappa shape index (κ1) is 12.6. The number of nitrogens with two attached hydrogens (primary N) is 1. The Bertz CT molecular complexity index is 385. The van der Waals surface area contributed by atoms with Gasteiger partial charge in [-0.3, -0.25) is 0 Å². The molecular weight excluding hydrogens is 236 g/mol. The van der Waals surface area contributed by atoms with Gasteiger partial charge >= 0.3 is 0 Å². The van der Waals surface area contributed by atoms with Crippen molar-refractivity contribution >= 4 is 17.4 Å². The third-order valence-corrected chi connectivity index (χ3v) is 3.81. The average Bonchev–Trinajstić information content (AvgIpc) is 2.32. The van der Waals surface area contributed by atoms with Crippen molar-refractivity contribution in [3.8, 4) is 0 Å². The molecule has 1 aliphatic rings. The first-order valence-corrected chi connectivity index (χ1v) is 6.47. The van der Waals surface area contributed by atoms with Crippen LogP contribution in [0, 0.1) is 5.92 Å². The standard InChI is InChI=1S/C12H19ClN4/c1-9-3-2-4-12(5-9,7-14)17-11-10(13)6-15-8-16-11/h6,8-9H,2-5,7,14H2,1H3,(H,15,16,17). The number of rotatable bonds is 3. The van der Waals surface area contributed by atoms with Crippen LogP contribution in [0.3, 0.4) is 0 Å². The number of nitrogens with zero attached hydrogens (tertiary/aromatic N) is 2. The van der Waals surface area contributed by atoms with Crippen molar-refractivity contribution in [2.75, 3.05) is 11.9 Å². The molecule has 3 N–H and O–H groups in total. The van der Waals surface area contributed by atoms with E-state index in [0.717, 1.165) is 12.8 Å². The highest BCUT2D eigenvalue weighted by Crippen LogP contribution is 2.35. The van der Waals surface area contributed by atoms with E-state index in [1.54, 1.807) is 6.20 Å². The van der Waals surface area contributed by atoms with Crippen molar-refractivity contribution in [2.24, 2.45) is 11.7 Å². The molecule has 2 unspecified atom stereocenters. The monoisotopic (exact) mass is 254 g/mol. The van der Waals surface area contributed by atoms with E-state index in [9.17, 15) is 0 Å². The molecule has 0 aliphatic heterocycles. The summed E-state index contributed by atoms with van der Waals surface area (Å²) in [6.45, 7) is 2.88. The van der Waals surface area contributed by atoms with E-state index in [0.29, 0.717) is 23.3 Å². The summed E-state index contributed by atoms with van der Waals surface area (Å²) in [5.74, 6) is 1.39. The molecule has 0 spiro atoms. The van der Waals surface area contributed by atoms with Crippen molar-refractivity contribution in [3.63, 3.8) is 0 Å². The molecule has 4 nitrogen and oxygen atoms in total. The molecule has 1 aliphatic carbocycles. The Hall–Kier alpha value is -0.870. The molecule has 0 amide bonds. The summed E-state index contributed by atoms with van der Waals surface area (Å²) in [7, 11) is 0. The van der Waals surface area contributed by atoms with Gasteiger partial charge in [0, 0.05) is 6.54 Å². The number of nitrogens with one attached hydrogen (secondary N) is 1. The Kier molecular flexibility index (Phi) is 3.84. The van der Waals surface area contributed by atoms with Gasteiger partial charge in [0.2, 0.25) is 0 Å². The molecule has 0 saturated heterocycles. The van der Waals surface area contributed by atoms with Crippen molar-refractivity contribution in [3.05, 3.63) is 17.5 Å². The zero-order valence-electron chi connectivity index (χ0n) is 10.1. The van der Waals surface area contributed by atoms with Crippen LogP contribution in [0.15, 0.2) is 12.5 Å². The molecule has 2 rings (SSSR count). The second-order valence-corrected chi connectivity index (χ2v) is 5.44. The summed E-state index contributed by atoms with van der Waals surface area (Å²) in [5, 5.41) is 3.99. The van der Waals surface area contributed by atoms with E-state index in [2.05, 4.69) is 22.2 Å². The quantitative estimate of drug-likeness (QED) is 0.870. The first-order chi connectivity index (χ1) is 8.15. The zero-order valence-corrected chi connectivity index (χ0v) is 10.9. The molecule has 0 aromatic carbocycles. The zero-order chi connectivity index (χ0) is 12.3. The molecule has 0 radical (unpaired) electrons. The van der Waals surface area contributed by atoms with Crippen LogP contribution in [0.5, 0.6) is 0 Å². The summed E-state index contributed by atoms with van der Waals surface area (Å²) < 4.78 is 0. The molecule has 17 heavy (non-hydrogen) atoms. The third-order valence-electron chi connectivity index (χ3n) is 3.53. The fourth-order valence-electron chi connectivity index (χ4n) is 2.67. The van der Waals surface area contributed by atoms with Crippen LogP contribution >= 0.6 is 11.6 Å². The van der Waals surface area contributed by atoms with E-state index >= 15 is 0 Å². The van der Waals surface area contributed by atoms with Crippen molar-refractivity contribution < 1.29 is 0 Å². The highest BCUT2D eigenvalue weighted by atomic mass is 35.5. The lowest BCUT2D eigenvalue weighted by Gasteiger charge is -2.40. The van der Waals surface area contributed by atoms with Gasteiger partial charge in [0.1, 0.15) is 17.2 Å². The normalized spacial score (nSPS) is 29.0. The van der Waals surface area contributed by atoms with E-state index in [4.69, 9.17) is 17.3 Å². The molecule has 94 valence electrons. The smallest absolute Gasteiger partial charge is 0.148 e. The van der Waals surface area contributed by atoms with E-state index in [-0.39, 0.29) is 5.54 Å². The molecule has 1 fully saturated rings. The summed E-state index contributed by atoms with van der Waals surface area (Å²) in [6, 6.07) is 0. The second kappa shape index (κ2) is 5.19. The predicted octanol–water partition coefficient (Wildman–Crippen LogP) is 2.45. The number of hydrogen-bond acceptors (Lipinski definition) is 4. The summed E-state index contributed by atoms with van der Waals surface area (Å²) in [4.78, 5) is 8.07. The fourth-order valence-corrected chi connectivity index (χ4v) is 2.82. The summed E-state index contributed by atoms with van der Waals surface area (Å²) >= 11 is 6.07. The molecule has 1 aromatic heterocycles. The predicted molar refractivity (Wildman–Crippen MR) is 70.1 cm³/mol. The van der Waals surface area contributed by atoms with Gasteiger partial charge < -0.3 is 11.1 Å². The van der Waals surface area contributed by atoms with Gasteiger partial charge in [-0.2, -0.15) is 0 Å². The van der Waals surface area contributed by atoms with Gasteiger partial charge in [0.15, 0.2) is 0 Å². The molecule has 2 atom stereocenters. The molecular formula is C12H19ClN4. The lowest BCUT2D eigenvalue weighted by Crippen LogP contribution is -2.49. The maximum atomic E-state index is 6.07. The minimum Gasteiger partial charge on any atom is -0.362 e. The van der Waals surface area contributed by atoms with Crippen LogP contribution < -0.4 is 11.1 Å². The van der Waals surface area contributed by atoms with E-state index in [1.807, 2.05) is 0 Å². The largest absolute Gasteiger partial charge is 0.362 e. The second-order valence-electron chi connectivity index (χ2n) is 5.03. The SMILES string of the molecule is CC1CCCC(CN)(Nc2ncncc2Cl)C1. The Morgan fingerprint density at radius 1 is 1.65 bits per heavy atom. The molecule has 1 heterocycles. The fraction of sp³-hybridized carbons (Fsp3) is 0.667. The lowest BCUT2D eigenvalue weighted by molar-refractivity contribution is 0.263. The Morgan fingerprint density at radius 2 is 2.47 bits per heavy atom. The minimum absolute atomic E-state index is 0.0599. The molecule has 5 heteroatoms. The average molecular weight is 255 g/mol. The molecule has 1 saturated carbocycles. The van der Waals surface area contributed by atoms with Crippen LogP contribution in [0.25, 0.3) is 0 Å². The number of halogens is 1. The van der Waals surface area contributed by atoms with Crippen molar-refractivity contribution in [2.45, 2.75) is 38.1 Å². The van der Waals surface area contributed by atoms with Gasteiger partial charge in [-0.15, -0.1) is 0 Å². The third kappa shape index (κ3) is 2.87. The van der Waals surface area contributed by atoms with E-state index < -0.39 is 0 Å². The lowest BCUT2D eigenvalue weighted by atomic mass is 9.76. The Labute approximate surface area is 107 Å². The van der Waals surface area contributed by atoms with Crippen molar-refractivity contribution in [1.82, 2.24) is 9.97 Å². The summed E-state index contributed by atoms with van der Waals surface area (Å²) in [6.07, 6.45) is 7.74. The number of anilines is 1. The molecule has 1 aromatic rings. The van der Waals surface area contributed by atoms with Crippen LogP contribution in [0.2, 0.25) is 5.02 Å². The maximum absolute atomic E-state index is 6.07. The minimum atomic E-state index is -0.0599. The number of hydrogen-bond donors (Lipinski definition) is 2. The van der Waals surface area contributed by atoms with Gasteiger partial charge in [-0.05, 0) is 18.8 Å². The van der Waals surface area contributed by atoms with Gasteiger partial charge in [0.05, 0.1) is 11.7 Å². The first-order valence-electron chi connectivity index (χ1n) is 6.09. The van der Waals surface area contributed by atoms with Gasteiger partial charge in [-0.1, -0.05) is 31.4 Å². The van der Waals surface area contributed by atoms with Gasteiger partial charge in [-0.25, -0.2) is 9.97 Å². The topological polar surface area (TPSA) is 63.8 Å². The number of aromatic nitrogens is 2. The van der Waals surface area contributed by atoms with Crippen molar-refractivity contribution in [1.29, 1.82) is 0 Å². The van der Waals surface area contributed by atoms with Crippen LogP contribution in [0.1, 0.15) is 32.6 Å². The highest BCUT2D eigenvalue weighted by molar-refractivity contribution is 6.32. The Morgan fingerprint density at radius 3 is 3.12 bits per heavy atom. The molecule has 0 bridgehead atoms. The van der Waals surface area contributed by atoms with Crippen LogP contribution in [-0.2, 0) is 0 Å². The van der Waals surface area contributed by atoms with Gasteiger partial charge in [0.25, 0.3) is 0 Å². The maximum Gasteiger partial charge on any atom is 0.148 e. The van der Waals surface area contributed by atoms with Crippen LogP contribution in [0.4, 0.5) is 5.82 Å². The van der Waals surface area contributed by atoms with Crippen LogP contribution in [-0.4, -0.2) is 22.1 Å². The summed E-state index contributed by atoms with van der Waals surface area (Å²) in [5.41, 5.74) is 5.89. The Balaban J connectivity index is 2.17. The highest BCUT2D eigenvalue weighted by Gasteiger charge is 2.34.